The van der Waals surface area contributed by atoms with Crippen LogP contribution in [0.4, 0.5) is 0 Å². The van der Waals surface area contributed by atoms with E-state index in [0.29, 0.717) is 36.8 Å². The van der Waals surface area contributed by atoms with Gasteiger partial charge in [0.15, 0.2) is 5.79 Å². The van der Waals surface area contributed by atoms with Crippen molar-refractivity contribution in [1.82, 2.24) is 0 Å². The summed E-state index contributed by atoms with van der Waals surface area (Å²) in [7, 11) is 0. The standard InChI is InChI=1S/C34H42O7/c1-16-8-9-19-17(2)28(36)38-26(19)24-21(16)15-34-32(12-13-33(24,34)40-31(6,7)41-34)23(35)14-22-25(32)27-20(10-11-30(22,4)5)18(3)29(37)39-27/h19-22,24-27H,1-3,8-15H2,4-7H3/t19-,20-,21-,22+,24-,25?,26-,27-,32+,33-,34-/m0/s1. The Morgan fingerprint density at radius 3 is 2.07 bits per heavy atom. The van der Waals surface area contributed by atoms with Gasteiger partial charge in [-0.05, 0) is 76.0 Å². The van der Waals surface area contributed by atoms with Crippen LogP contribution >= 0.6 is 0 Å². The first-order chi connectivity index (χ1) is 19.2. The third kappa shape index (κ3) is 2.82. The fraction of sp³-hybridized carbons (Fsp3) is 0.735. The summed E-state index contributed by atoms with van der Waals surface area (Å²) in [5, 5.41) is 0. The molecule has 7 nitrogen and oxygen atoms in total. The minimum absolute atomic E-state index is 0.0143. The molecule has 3 heterocycles. The van der Waals surface area contributed by atoms with Crippen LogP contribution in [0.1, 0.15) is 79.1 Å². The third-order valence-electron chi connectivity index (χ3n) is 13.3. The van der Waals surface area contributed by atoms with Crippen molar-refractivity contribution in [2.75, 3.05) is 0 Å². The van der Waals surface area contributed by atoms with Gasteiger partial charge in [0, 0.05) is 41.2 Å². The van der Waals surface area contributed by atoms with E-state index in [1.54, 1.807) is 0 Å². The van der Waals surface area contributed by atoms with Crippen molar-refractivity contribution in [3.8, 4) is 0 Å². The number of carbonyl (C=O) groups is 3. The largest absolute Gasteiger partial charge is 0.458 e. The lowest BCUT2D eigenvalue weighted by Crippen LogP contribution is -2.62. The van der Waals surface area contributed by atoms with Gasteiger partial charge < -0.3 is 18.9 Å². The number of hydrogen-bond acceptors (Lipinski definition) is 7. The first-order valence-corrected chi connectivity index (χ1v) is 15.6. The number of ether oxygens (including phenoxy) is 4. The molecule has 0 N–H and O–H groups in total. The molecule has 0 amide bonds. The van der Waals surface area contributed by atoms with Crippen molar-refractivity contribution < 1.29 is 33.3 Å². The lowest BCUT2D eigenvalue weighted by atomic mass is 9.58. The summed E-state index contributed by atoms with van der Waals surface area (Å²) < 4.78 is 26.7. The second kappa shape index (κ2) is 7.63. The Bertz CT molecular complexity index is 1360. The van der Waals surface area contributed by atoms with E-state index in [1.165, 1.54) is 0 Å². The summed E-state index contributed by atoms with van der Waals surface area (Å²) in [5.41, 5.74) is -0.599. The summed E-state index contributed by atoms with van der Waals surface area (Å²) in [5.74, 6) is -1.94. The molecule has 5 aliphatic carbocycles. The van der Waals surface area contributed by atoms with Crippen LogP contribution < -0.4 is 0 Å². The highest BCUT2D eigenvalue weighted by molar-refractivity contribution is 5.94. The molecule has 1 unspecified atom stereocenters. The van der Waals surface area contributed by atoms with E-state index in [2.05, 4.69) is 33.6 Å². The van der Waals surface area contributed by atoms with Gasteiger partial charge in [-0.2, -0.15) is 0 Å². The Labute approximate surface area is 242 Å². The van der Waals surface area contributed by atoms with Crippen LogP contribution in [0.15, 0.2) is 36.5 Å². The molecule has 0 aromatic heterocycles. The maximum absolute atomic E-state index is 14.9. The monoisotopic (exact) mass is 562 g/mol. The molecule has 5 saturated carbocycles. The summed E-state index contributed by atoms with van der Waals surface area (Å²) in [6.45, 7) is 21.3. The molecule has 8 aliphatic rings. The van der Waals surface area contributed by atoms with Gasteiger partial charge >= 0.3 is 11.9 Å². The highest BCUT2D eigenvalue weighted by atomic mass is 16.8. The van der Waals surface area contributed by atoms with Crippen molar-refractivity contribution in [2.45, 2.75) is 108 Å². The van der Waals surface area contributed by atoms with E-state index in [0.717, 1.165) is 31.3 Å². The van der Waals surface area contributed by atoms with Gasteiger partial charge in [0.1, 0.15) is 29.2 Å². The van der Waals surface area contributed by atoms with Gasteiger partial charge in [-0.25, -0.2) is 9.59 Å². The lowest BCUT2D eigenvalue weighted by molar-refractivity contribution is -0.219. The molecule has 8 rings (SSSR count). The van der Waals surface area contributed by atoms with Gasteiger partial charge in [0.2, 0.25) is 0 Å². The van der Waals surface area contributed by atoms with E-state index in [9.17, 15) is 14.4 Å². The second-order valence-corrected chi connectivity index (χ2v) is 15.6. The summed E-state index contributed by atoms with van der Waals surface area (Å²) >= 11 is 0. The molecule has 0 aromatic rings. The number of fused-ring (bicyclic) bond motifs is 7. The van der Waals surface area contributed by atoms with E-state index in [4.69, 9.17) is 18.9 Å². The summed E-state index contributed by atoms with van der Waals surface area (Å²) in [4.78, 5) is 40.7. The molecular formula is C34H42O7. The molecule has 3 aliphatic heterocycles. The van der Waals surface area contributed by atoms with Gasteiger partial charge in [-0.1, -0.05) is 39.2 Å². The first kappa shape index (κ1) is 26.4. The molecule has 0 radical (unpaired) electrons. The maximum atomic E-state index is 14.9. The predicted molar refractivity (Wildman–Crippen MR) is 148 cm³/mol. The van der Waals surface area contributed by atoms with Crippen LogP contribution in [0.25, 0.3) is 0 Å². The minimum Gasteiger partial charge on any atom is -0.458 e. The SMILES string of the molecule is C=C1C(=O)O[C@@H]2[C@@H]3[C@@H](C[C@@]45OC(C)(C)O[C@@]34CC[C@]53C(=O)C[C@@H]4C3[C@H]3OC(=O)C(=C)[C@@H]3CCC4(C)C)C(=C)CC[C@@H]12. The number of carbonyl (C=O) groups excluding carboxylic acids is 3. The summed E-state index contributed by atoms with van der Waals surface area (Å²) in [6.07, 6.45) is 4.75. The van der Waals surface area contributed by atoms with E-state index < -0.39 is 28.5 Å². The average molecular weight is 563 g/mol. The van der Waals surface area contributed by atoms with E-state index >= 15 is 0 Å². The zero-order valence-electron chi connectivity index (χ0n) is 24.8. The molecule has 0 bridgehead atoms. The maximum Gasteiger partial charge on any atom is 0.334 e. The van der Waals surface area contributed by atoms with Crippen LogP contribution in [0.3, 0.4) is 0 Å². The Hall–Kier alpha value is -2.25. The number of allylic oxidation sites excluding steroid dienone is 1. The van der Waals surface area contributed by atoms with Gasteiger partial charge in [-0.15, -0.1) is 0 Å². The zero-order chi connectivity index (χ0) is 29.1. The van der Waals surface area contributed by atoms with Gasteiger partial charge in [0.25, 0.3) is 0 Å². The fourth-order valence-electron chi connectivity index (χ4n) is 11.8. The highest BCUT2D eigenvalue weighted by Crippen LogP contribution is 2.80. The molecular weight excluding hydrogens is 520 g/mol. The molecule has 7 heteroatoms. The number of hydrogen-bond donors (Lipinski definition) is 0. The average Bonchev–Trinajstić information content (AvgIpc) is 3.60. The Kier molecular flexibility index (Phi) is 4.91. The number of esters is 2. The smallest absolute Gasteiger partial charge is 0.334 e. The molecule has 0 aromatic carbocycles. The topological polar surface area (TPSA) is 88.1 Å². The van der Waals surface area contributed by atoms with Crippen molar-refractivity contribution >= 4 is 17.7 Å². The van der Waals surface area contributed by atoms with Crippen LogP contribution in [-0.2, 0) is 33.3 Å². The Morgan fingerprint density at radius 2 is 1.39 bits per heavy atom. The van der Waals surface area contributed by atoms with Crippen molar-refractivity contribution in [2.24, 2.45) is 46.3 Å². The quantitative estimate of drug-likeness (QED) is 0.227. The minimum atomic E-state index is -0.947. The molecule has 1 spiro atoms. The second-order valence-electron chi connectivity index (χ2n) is 15.6. The van der Waals surface area contributed by atoms with Crippen LogP contribution in [0, 0.1) is 46.3 Å². The predicted octanol–water partition coefficient (Wildman–Crippen LogP) is 5.23. The van der Waals surface area contributed by atoms with E-state index in [-0.39, 0.29) is 64.7 Å². The Morgan fingerprint density at radius 1 is 0.756 bits per heavy atom. The fourth-order valence-corrected chi connectivity index (χ4v) is 11.8. The van der Waals surface area contributed by atoms with Crippen LogP contribution in [0.5, 0.6) is 0 Å². The molecule has 11 atom stereocenters. The summed E-state index contributed by atoms with van der Waals surface area (Å²) in [6, 6.07) is 0. The first-order valence-electron chi connectivity index (χ1n) is 15.6. The molecule has 41 heavy (non-hydrogen) atoms. The normalized spacial score (nSPS) is 52.3. The Balaban J connectivity index is 1.35. The van der Waals surface area contributed by atoms with Crippen molar-refractivity contribution in [3.05, 3.63) is 36.5 Å². The lowest BCUT2D eigenvalue weighted by Gasteiger charge is -2.49. The molecule has 220 valence electrons. The molecule has 3 saturated heterocycles. The van der Waals surface area contributed by atoms with Crippen molar-refractivity contribution in [1.29, 1.82) is 0 Å². The van der Waals surface area contributed by atoms with Crippen LogP contribution in [0.2, 0.25) is 0 Å². The third-order valence-corrected chi connectivity index (χ3v) is 13.3. The van der Waals surface area contributed by atoms with Crippen LogP contribution in [-0.4, -0.2) is 46.9 Å². The van der Waals surface area contributed by atoms with E-state index in [1.807, 2.05) is 13.8 Å². The zero-order valence-corrected chi connectivity index (χ0v) is 24.8. The number of Topliss-reactive ketones (excluding diaryl/α,β-unsaturated/α-hetero) is 1. The molecule has 8 fully saturated rings. The highest BCUT2D eigenvalue weighted by Gasteiger charge is 2.88. The van der Waals surface area contributed by atoms with Crippen molar-refractivity contribution in [3.63, 3.8) is 0 Å². The number of ketones is 1. The van der Waals surface area contributed by atoms with Gasteiger partial charge in [0.05, 0.1) is 5.41 Å². The number of rotatable bonds is 0. The van der Waals surface area contributed by atoms with Gasteiger partial charge in [-0.3, -0.25) is 4.79 Å².